The number of carbonyl (C=O) groups is 3. The van der Waals surface area contributed by atoms with E-state index in [4.69, 9.17) is 45.5 Å². The Morgan fingerprint density at radius 3 is 0.765 bits per heavy atom. The Kier molecular flexibility index (Phi) is 42.5. The van der Waals surface area contributed by atoms with E-state index in [9.17, 15) is 0 Å². The Bertz CT molecular complexity index is 161. The van der Waals surface area contributed by atoms with Gasteiger partial charge < -0.3 is 44.4 Å². The number of carboxylic acid groups (broad SMARTS) is 3. The third-order valence-electron chi connectivity index (χ3n) is 0.224. The molecule has 0 amide bonds. The van der Waals surface area contributed by atoms with Gasteiger partial charge in [-0.1, -0.05) is 0 Å². The molecule has 12 nitrogen and oxygen atoms in total. The summed E-state index contributed by atoms with van der Waals surface area (Å²) in [5.74, 6) is 0. The van der Waals surface area contributed by atoms with Gasteiger partial charge in [-0.05, 0) is 0 Å². The van der Waals surface area contributed by atoms with Crippen LogP contribution in [0.25, 0.3) is 0 Å². The normalized spacial score (nSPS) is 5.82. The zero-order valence-electron chi connectivity index (χ0n) is 7.09. The molecule has 0 aliphatic rings. The Morgan fingerprint density at radius 1 is 0.706 bits per heavy atom. The molecule has 0 bridgehead atoms. The monoisotopic (exact) mass is 284 g/mol. The van der Waals surface area contributed by atoms with Gasteiger partial charge in [-0.15, -0.1) is 0 Å². The van der Waals surface area contributed by atoms with Gasteiger partial charge in [-0.3, -0.25) is 15.8 Å². The van der Waals surface area contributed by atoms with Crippen molar-refractivity contribution in [2.45, 2.75) is 0 Å². The summed E-state index contributed by atoms with van der Waals surface area (Å²) in [6.45, 7) is 0. The van der Waals surface area contributed by atoms with Crippen molar-refractivity contribution in [1.82, 2.24) is 0 Å². The molecule has 94 valence electrons. The molecule has 0 aliphatic carbocycles. The molecule has 0 saturated heterocycles. The predicted octanol–water partition coefficient (Wildman–Crippen LogP) is -4.84. The average Bonchev–Trinajstić information content (AvgIpc) is 2.19. The first-order chi connectivity index (χ1) is 6.81. The molecule has 0 radical (unpaired) electrons. The fourth-order valence-electron chi connectivity index (χ4n) is 0. The second-order valence-corrected chi connectivity index (χ2v) is 1.02. The van der Waals surface area contributed by atoms with Gasteiger partial charge in [0.05, 0.1) is 0 Å². The Morgan fingerprint density at radius 2 is 0.765 bits per heavy atom. The van der Waals surface area contributed by atoms with Crippen molar-refractivity contribution in [3.05, 3.63) is 0 Å². The molecule has 0 rings (SSSR count). The summed E-state index contributed by atoms with van der Waals surface area (Å²) >= 11 is 0. The van der Waals surface area contributed by atoms with Crippen molar-refractivity contribution in [2.24, 2.45) is 0 Å². The van der Waals surface area contributed by atoms with Crippen molar-refractivity contribution in [1.29, 1.82) is 0 Å². The number of rotatable bonds is 0. The fourth-order valence-corrected chi connectivity index (χ4v) is 0. The minimum atomic E-state index is -1.94. The van der Waals surface area contributed by atoms with Crippen LogP contribution in [0.15, 0.2) is 0 Å². The van der Waals surface area contributed by atoms with Crippen LogP contribution >= 0.6 is 0 Å². The molecule has 0 fully saturated rings. The number of hydrogen-bond acceptors (Lipinski definition) is 12. The van der Waals surface area contributed by atoms with Gasteiger partial charge in [0.25, 0.3) is 18.5 Å². The van der Waals surface area contributed by atoms with Crippen LogP contribution in [0.5, 0.6) is 0 Å². The maximum Gasteiger partial charge on any atom is 3.00 e. The second-order valence-electron chi connectivity index (χ2n) is 1.02. The zero-order valence-corrected chi connectivity index (χ0v) is 8.25. The third-order valence-corrected chi connectivity index (χ3v) is 0.224. The Hall–Kier alpha value is -1.01. The van der Waals surface area contributed by atoms with Crippen LogP contribution in [0.4, 0.5) is 14.4 Å². The molecule has 0 aromatic heterocycles. The molecule has 0 aromatic rings. The van der Waals surface area contributed by atoms with Crippen LogP contribution in [0.3, 0.4) is 0 Å². The quantitative estimate of drug-likeness (QED) is 0.165. The van der Waals surface area contributed by atoms with Crippen molar-refractivity contribution in [3.8, 4) is 0 Å². The summed E-state index contributed by atoms with van der Waals surface area (Å²) in [7, 11) is 0. The average molecular weight is 284 g/mol. The molecule has 0 unspecified atom stereocenters. The van der Waals surface area contributed by atoms with Gasteiger partial charge in [-0.25, -0.2) is 0 Å². The summed E-state index contributed by atoms with van der Waals surface area (Å²) in [5.41, 5.74) is 0. The molecule has 0 aliphatic heterocycles. The van der Waals surface area contributed by atoms with Crippen molar-refractivity contribution in [3.63, 3.8) is 0 Å². The van der Waals surface area contributed by atoms with Gasteiger partial charge in [0.2, 0.25) is 0 Å². The van der Waals surface area contributed by atoms with Crippen molar-refractivity contribution in [2.75, 3.05) is 0 Å². The van der Waals surface area contributed by atoms with Gasteiger partial charge in [-0.2, -0.15) is 0 Å². The summed E-state index contributed by atoms with van der Waals surface area (Å²) in [6, 6.07) is 0. The molecular formula is C3H5AlMgO12. The van der Waals surface area contributed by atoms with Gasteiger partial charge in [0, 0.05) is 0 Å². The van der Waals surface area contributed by atoms with Crippen molar-refractivity contribution >= 4 is 58.9 Å². The van der Waals surface area contributed by atoms with E-state index in [1.54, 1.807) is 0 Å². The summed E-state index contributed by atoms with van der Waals surface area (Å²) in [5, 5.41) is 47.3. The Labute approximate surface area is 119 Å². The van der Waals surface area contributed by atoms with E-state index in [1.807, 2.05) is 0 Å². The molecule has 0 saturated carbocycles. The van der Waals surface area contributed by atoms with E-state index in [0.717, 1.165) is 0 Å². The topological polar surface area (TPSA) is 209 Å². The van der Waals surface area contributed by atoms with E-state index in [2.05, 4.69) is 14.7 Å². The van der Waals surface area contributed by atoms with Crippen LogP contribution in [0, 0.1) is 0 Å². The third kappa shape index (κ3) is 102. The SMILES string of the molecule is O=C([O-])OO.O=C([O-])OO.O=C([O-])OO.[Al+3].[MgH2]. The largest absolute Gasteiger partial charge is 3.00 e. The summed E-state index contributed by atoms with van der Waals surface area (Å²) in [6.07, 6.45) is -5.82. The molecule has 3 N–H and O–H groups in total. The smallest absolute Gasteiger partial charge is 0.424 e. The maximum absolute atomic E-state index is 8.78. The molecule has 14 heteroatoms. The van der Waals surface area contributed by atoms with E-state index < -0.39 is 18.5 Å². The standard InChI is InChI=1S/3CH2O4.Al.Mg.2H/c3*2-1(3)5-4;;;;/h3*4H,(H,2,3);;;;/q;;;+3;;;/p-3. The molecule has 0 spiro atoms. The minimum absolute atomic E-state index is 0. The summed E-state index contributed by atoms with van der Waals surface area (Å²) in [4.78, 5) is 34.0. The molecule has 0 atom stereocenters. The van der Waals surface area contributed by atoms with Crippen molar-refractivity contribution < 1.29 is 60.1 Å². The fraction of sp³-hybridized carbons (Fsp3) is 0. The Balaban J connectivity index is -0.0000000400. The van der Waals surface area contributed by atoms with Gasteiger partial charge >= 0.3 is 40.4 Å². The van der Waals surface area contributed by atoms with Crippen LogP contribution in [-0.2, 0) is 14.7 Å². The number of carbonyl (C=O) groups excluding carboxylic acids is 3. The van der Waals surface area contributed by atoms with Crippen LogP contribution in [0.1, 0.15) is 0 Å². The molecule has 0 heterocycles. The van der Waals surface area contributed by atoms with Gasteiger partial charge in [0.15, 0.2) is 0 Å². The van der Waals surface area contributed by atoms with E-state index in [1.165, 1.54) is 0 Å². The van der Waals surface area contributed by atoms with Crippen LogP contribution < -0.4 is 15.3 Å². The minimum Gasteiger partial charge on any atom is -0.424 e. The molecule has 17 heavy (non-hydrogen) atoms. The first-order valence-electron chi connectivity index (χ1n) is 2.38. The van der Waals surface area contributed by atoms with E-state index in [0.29, 0.717) is 0 Å². The first kappa shape index (κ1) is 29.7. The molecular weight excluding hydrogens is 279 g/mol. The van der Waals surface area contributed by atoms with Crippen LogP contribution in [0.2, 0.25) is 0 Å². The van der Waals surface area contributed by atoms with E-state index in [-0.39, 0.29) is 40.4 Å². The summed E-state index contributed by atoms with van der Waals surface area (Å²) < 4.78 is 0. The first-order valence-corrected chi connectivity index (χ1v) is 2.38. The van der Waals surface area contributed by atoms with Crippen LogP contribution in [-0.4, -0.2) is 74.7 Å². The second kappa shape index (κ2) is 24.3. The van der Waals surface area contributed by atoms with Gasteiger partial charge in [0.1, 0.15) is 0 Å². The zero-order chi connectivity index (χ0) is 12.9. The maximum atomic E-state index is 8.78. The predicted molar refractivity (Wildman–Crippen MR) is 41.6 cm³/mol. The van der Waals surface area contributed by atoms with E-state index >= 15 is 0 Å². The number of hydrogen-bond donors (Lipinski definition) is 3. The molecule has 0 aromatic carbocycles.